The van der Waals surface area contributed by atoms with E-state index in [0.717, 1.165) is 57.6 Å². The van der Waals surface area contributed by atoms with Crippen molar-refractivity contribution in [3.8, 4) is 17.0 Å². The fourth-order valence-electron chi connectivity index (χ4n) is 6.00. The molecule has 0 aliphatic heterocycles. The van der Waals surface area contributed by atoms with Gasteiger partial charge in [-0.25, -0.2) is 4.39 Å². The Morgan fingerprint density at radius 2 is 1.94 bits per heavy atom. The van der Waals surface area contributed by atoms with Crippen LogP contribution in [-0.2, 0) is 5.41 Å². The summed E-state index contributed by atoms with van der Waals surface area (Å²) in [5.74, 6) is -0.145. The van der Waals surface area contributed by atoms with Gasteiger partial charge in [0, 0.05) is 52.7 Å². The molecule has 0 bridgehead atoms. The third-order valence-electron chi connectivity index (χ3n) is 9.56. The number of aryl methyl sites for hydroxylation is 1. The van der Waals surface area contributed by atoms with E-state index in [-0.39, 0.29) is 11.7 Å². The summed E-state index contributed by atoms with van der Waals surface area (Å²) < 4.78 is 19.9. The van der Waals surface area contributed by atoms with Crippen LogP contribution in [0.3, 0.4) is 0 Å². The van der Waals surface area contributed by atoms with Gasteiger partial charge >= 0.3 is 0 Å². The van der Waals surface area contributed by atoms with Gasteiger partial charge in [0.05, 0.1) is 46.6 Å². The number of ether oxygens (including phenoxy) is 1. The predicted octanol–water partition coefficient (Wildman–Crippen LogP) is 8.41. The summed E-state index contributed by atoms with van der Waals surface area (Å²) >= 11 is 6.86. The molecule has 0 amide bonds. The van der Waals surface area contributed by atoms with Crippen molar-refractivity contribution in [1.82, 2.24) is 15.3 Å². The topological polar surface area (TPSA) is 111 Å². The number of anilines is 1. The Morgan fingerprint density at radius 1 is 1.22 bits per heavy atom. The molecule has 2 atom stereocenters. The molecule has 1 aliphatic rings. The first-order valence-corrected chi connectivity index (χ1v) is 16.8. The normalized spacial score (nSPS) is 14.6. The largest absolute Gasteiger partial charge is 0.495 e. The van der Waals surface area contributed by atoms with E-state index in [4.69, 9.17) is 32.8 Å². The van der Waals surface area contributed by atoms with Crippen molar-refractivity contribution >= 4 is 29.2 Å². The van der Waals surface area contributed by atoms with Crippen molar-refractivity contribution in [3.63, 3.8) is 0 Å². The molecule has 49 heavy (non-hydrogen) atoms. The number of aromatic nitrogens is 2. The Labute approximate surface area is 293 Å². The van der Waals surface area contributed by atoms with Crippen molar-refractivity contribution in [2.45, 2.75) is 64.3 Å². The number of nitrogens with two attached hydrogens (primary N) is 2. The van der Waals surface area contributed by atoms with Gasteiger partial charge in [-0.1, -0.05) is 50.7 Å². The van der Waals surface area contributed by atoms with Crippen LogP contribution < -0.4 is 21.5 Å². The number of hydrogen-bond acceptors (Lipinski definition) is 7. The average molecular weight is 679 g/mol. The molecule has 1 saturated carbocycles. The Morgan fingerprint density at radius 3 is 2.55 bits per heavy atom. The van der Waals surface area contributed by atoms with E-state index in [1.165, 1.54) is 12.1 Å². The van der Waals surface area contributed by atoms with Gasteiger partial charge in [-0.3, -0.25) is 15.0 Å². The molecule has 2 heterocycles. The number of halogens is 2. The number of methoxy groups -OCH3 is 1. The van der Waals surface area contributed by atoms with Crippen LogP contribution in [-0.4, -0.2) is 35.9 Å². The Hall–Kier alpha value is -4.91. The van der Waals surface area contributed by atoms with Gasteiger partial charge < -0.3 is 21.5 Å². The lowest BCUT2D eigenvalue weighted by molar-refractivity contribution is 0.417. The van der Waals surface area contributed by atoms with Crippen molar-refractivity contribution in [1.29, 1.82) is 0 Å². The van der Waals surface area contributed by atoms with Crippen molar-refractivity contribution in [2.75, 3.05) is 19.4 Å². The van der Waals surface area contributed by atoms with Crippen LogP contribution >= 0.6 is 11.6 Å². The van der Waals surface area contributed by atoms with E-state index in [0.29, 0.717) is 52.6 Å². The minimum Gasteiger partial charge on any atom is -0.495 e. The minimum atomic E-state index is -0.559. The van der Waals surface area contributed by atoms with Crippen LogP contribution in [0.15, 0.2) is 84.3 Å². The third-order valence-corrected chi connectivity index (χ3v) is 10.0. The first kappa shape index (κ1) is 35.4. The molecule has 1 fully saturated rings. The lowest BCUT2D eigenvalue weighted by Crippen LogP contribution is -2.30. The Balaban J connectivity index is 1.65. The Kier molecular flexibility index (Phi) is 10.6. The maximum absolute atomic E-state index is 14.2. The second kappa shape index (κ2) is 14.7. The van der Waals surface area contributed by atoms with Crippen LogP contribution in [0.25, 0.3) is 17.0 Å². The number of allylic oxidation sites excluding steroid dienone is 1. The SMILES string of the molecule is C=C=C(NCC(c1ccc(F)cc1)c1cc(C(C)(CC)C(=C)N)c(C)c(-c2ccnc(C)c2Cl)n1)c1cc(C=NC2CC2)c(N)c(OC)c1. The van der Waals surface area contributed by atoms with Crippen LogP contribution in [0.2, 0.25) is 5.02 Å². The van der Waals surface area contributed by atoms with Gasteiger partial charge in [0.15, 0.2) is 0 Å². The highest BCUT2D eigenvalue weighted by molar-refractivity contribution is 6.33. The van der Waals surface area contributed by atoms with Gasteiger partial charge in [0.2, 0.25) is 0 Å². The fraction of sp³-hybridized carbons (Fsp3) is 0.300. The zero-order valence-electron chi connectivity index (χ0n) is 28.8. The second-order valence-electron chi connectivity index (χ2n) is 12.8. The summed E-state index contributed by atoms with van der Waals surface area (Å²) in [5, 5.41) is 4.08. The molecule has 1 aliphatic carbocycles. The smallest absolute Gasteiger partial charge is 0.143 e. The van der Waals surface area contributed by atoms with Crippen LogP contribution in [0.1, 0.15) is 78.2 Å². The maximum Gasteiger partial charge on any atom is 0.143 e. The van der Waals surface area contributed by atoms with Crippen molar-refractivity contribution < 1.29 is 9.13 Å². The van der Waals surface area contributed by atoms with Gasteiger partial charge in [-0.2, -0.15) is 0 Å². The number of rotatable bonds is 13. The quantitative estimate of drug-likeness (QED) is 0.0744. The van der Waals surface area contributed by atoms with E-state index in [1.807, 2.05) is 38.3 Å². The minimum absolute atomic E-state index is 0.327. The summed E-state index contributed by atoms with van der Waals surface area (Å²) in [6, 6.07) is 14.6. The molecule has 9 heteroatoms. The average Bonchev–Trinajstić information content (AvgIpc) is 3.93. The Bertz CT molecular complexity index is 1960. The molecule has 5 rings (SSSR count). The summed E-state index contributed by atoms with van der Waals surface area (Å²) in [5.41, 5.74) is 24.4. The molecule has 0 saturated heterocycles. The molecule has 254 valence electrons. The highest BCUT2D eigenvalue weighted by Crippen LogP contribution is 2.41. The van der Waals surface area contributed by atoms with Crippen molar-refractivity contribution in [2.24, 2.45) is 10.7 Å². The standard InChI is InChI=1S/C40H44ClFN6O/c1-8-34(27-18-28(21-46-30-14-15-30)38(44)36(19-27)49-7)47-22-32(26-10-12-29(42)13-11-26)35-20-33(40(6,9-2)25(5)43)23(3)39(48-35)31-16-17-45-24(4)37(31)41/h10-13,16-21,30,32,47H,1,5,9,14-15,22,43-44H2,2-4,6-7H3. The molecular formula is C40H44ClFN6O. The first-order chi connectivity index (χ1) is 23.4. The van der Waals surface area contributed by atoms with E-state index in [1.54, 1.807) is 25.4 Å². The summed E-state index contributed by atoms with van der Waals surface area (Å²) in [6.45, 7) is 16.6. The molecule has 0 radical (unpaired) electrons. The summed E-state index contributed by atoms with van der Waals surface area (Å²) in [6.07, 6.45) is 6.41. The number of nitrogens with zero attached hydrogens (tertiary/aromatic N) is 3. The number of pyridine rings is 2. The van der Waals surface area contributed by atoms with Gasteiger partial charge in [-0.15, -0.1) is 5.73 Å². The van der Waals surface area contributed by atoms with E-state index >= 15 is 0 Å². The lowest BCUT2D eigenvalue weighted by Gasteiger charge is -2.33. The van der Waals surface area contributed by atoms with Gasteiger partial charge in [0.1, 0.15) is 11.6 Å². The highest BCUT2D eigenvalue weighted by Gasteiger charge is 2.32. The molecule has 7 nitrogen and oxygen atoms in total. The highest BCUT2D eigenvalue weighted by atomic mass is 35.5. The van der Waals surface area contributed by atoms with E-state index in [9.17, 15) is 4.39 Å². The number of benzene rings is 2. The monoisotopic (exact) mass is 678 g/mol. The van der Waals surface area contributed by atoms with E-state index in [2.05, 4.69) is 54.1 Å². The van der Waals surface area contributed by atoms with Crippen LogP contribution in [0, 0.1) is 19.7 Å². The number of aliphatic imine (C=N–C) groups is 1. The zero-order chi connectivity index (χ0) is 35.5. The summed E-state index contributed by atoms with van der Waals surface area (Å²) in [4.78, 5) is 14.3. The fourth-order valence-corrected chi connectivity index (χ4v) is 6.20. The zero-order valence-corrected chi connectivity index (χ0v) is 29.6. The number of hydrogen-bond donors (Lipinski definition) is 3. The lowest BCUT2D eigenvalue weighted by atomic mass is 9.74. The number of nitrogens with one attached hydrogen (secondary N) is 1. The maximum atomic E-state index is 14.2. The first-order valence-electron chi connectivity index (χ1n) is 16.4. The third kappa shape index (κ3) is 7.41. The second-order valence-corrected chi connectivity index (χ2v) is 13.1. The van der Waals surface area contributed by atoms with Gasteiger partial charge in [0.25, 0.3) is 0 Å². The summed E-state index contributed by atoms with van der Waals surface area (Å²) in [7, 11) is 1.58. The van der Waals surface area contributed by atoms with Gasteiger partial charge in [-0.05, 0) is 86.2 Å². The molecule has 2 unspecified atom stereocenters. The molecule has 0 spiro atoms. The molecular weight excluding hydrogens is 635 g/mol. The van der Waals surface area contributed by atoms with Crippen molar-refractivity contribution in [3.05, 3.63) is 129 Å². The number of nitrogen functional groups attached to an aromatic ring is 1. The molecule has 4 aromatic rings. The predicted molar refractivity (Wildman–Crippen MR) is 200 cm³/mol. The molecule has 2 aromatic carbocycles. The van der Waals surface area contributed by atoms with Crippen LogP contribution in [0.4, 0.5) is 10.1 Å². The van der Waals surface area contributed by atoms with Crippen LogP contribution in [0.5, 0.6) is 5.75 Å². The molecule has 5 N–H and O–H groups in total. The van der Waals surface area contributed by atoms with E-state index < -0.39 is 5.41 Å². The molecule has 2 aromatic heterocycles.